The number of nitrogens with one attached hydrogen (secondary N) is 1. The molecule has 1 aliphatic carbocycles. The van der Waals surface area contributed by atoms with Crippen LogP contribution < -0.4 is 5.32 Å². The van der Waals surface area contributed by atoms with Crippen LogP contribution in [-0.4, -0.2) is 21.6 Å². The predicted octanol–water partition coefficient (Wildman–Crippen LogP) is 5.46. The Balaban J connectivity index is 1.51. The number of amides is 1. The van der Waals surface area contributed by atoms with Crippen molar-refractivity contribution in [3.05, 3.63) is 44.1 Å². The number of halogens is 1. The summed E-state index contributed by atoms with van der Waals surface area (Å²) in [6.45, 7) is 4.32. The van der Waals surface area contributed by atoms with Crippen LogP contribution in [0.2, 0.25) is 0 Å². The predicted molar refractivity (Wildman–Crippen MR) is 122 cm³/mol. The average molecular weight is 509 g/mol. The van der Waals surface area contributed by atoms with Crippen LogP contribution in [0.1, 0.15) is 29.3 Å². The first kappa shape index (κ1) is 19.1. The maximum atomic E-state index is 12.5. The minimum atomic E-state index is -0.00575. The number of thioether (sulfide) groups is 1. The van der Waals surface area contributed by atoms with Crippen LogP contribution >= 0.6 is 45.7 Å². The van der Waals surface area contributed by atoms with Crippen LogP contribution in [0, 0.1) is 16.4 Å². The van der Waals surface area contributed by atoms with Gasteiger partial charge in [-0.1, -0.05) is 18.7 Å². The van der Waals surface area contributed by atoms with Gasteiger partial charge in [0.05, 0.1) is 5.75 Å². The molecule has 27 heavy (non-hydrogen) atoms. The summed E-state index contributed by atoms with van der Waals surface area (Å²) < 4.78 is 1.16. The molecular formula is C20H20IN3OS2. The Morgan fingerprint density at radius 1 is 1.41 bits per heavy atom. The van der Waals surface area contributed by atoms with Crippen molar-refractivity contribution in [2.24, 2.45) is 5.92 Å². The molecule has 1 aliphatic rings. The molecule has 7 heteroatoms. The molecule has 1 amide bonds. The number of hydrogen-bond donors (Lipinski definition) is 1. The number of fused-ring (bicyclic) bond motifs is 3. The van der Waals surface area contributed by atoms with Crippen molar-refractivity contribution < 1.29 is 4.79 Å². The second-order valence-electron chi connectivity index (χ2n) is 7.01. The van der Waals surface area contributed by atoms with E-state index < -0.39 is 0 Å². The van der Waals surface area contributed by atoms with Crippen molar-refractivity contribution in [1.82, 2.24) is 9.97 Å². The van der Waals surface area contributed by atoms with E-state index in [1.807, 2.05) is 19.1 Å². The van der Waals surface area contributed by atoms with Crippen molar-refractivity contribution in [3.8, 4) is 0 Å². The molecule has 4 rings (SSSR count). The first-order valence-electron chi connectivity index (χ1n) is 8.95. The third-order valence-corrected chi connectivity index (χ3v) is 7.68. The van der Waals surface area contributed by atoms with E-state index in [1.165, 1.54) is 34.0 Å². The number of aryl methyl sites for hydroxylation is 2. The molecule has 3 aromatic rings. The van der Waals surface area contributed by atoms with Crippen LogP contribution in [0.3, 0.4) is 0 Å². The first-order chi connectivity index (χ1) is 13.0. The lowest BCUT2D eigenvalue weighted by Crippen LogP contribution is -2.15. The quantitative estimate of drug-likeness (QED) is 0.288. The summed E-state index contributed by atoms with van der Waals surface area (Å²) in [5.74, 6) is 1.07. The van der Waals surface area contributed by atoms with E-state index in [-0.39, 0.29) is 5.91 Å². The highest BCUT2D eigenvalue weighted by molar-refractivity contribution is 14.1. The van der Waals surface area contributed by atoms with Gasteiger partial charge in [0, 0.05) is 19.5 Å². The molecule has 0 saturated heterocycles. The molecule has 1 N–H and O–H groups in total. The summed E-state index contributed by atoms with van der Waals surface area (Å²) >= 11 is 5.57. The Morgan fingerprint density at radius 2 is 2.26 bits per heavy atom. The van der Waals surface area contributed by atoms with E-state index in [1.54, 1.807) is 17.7 Å². The Kier molecular flexibility index (Phi) is 5.70. The molecule has 0 spiro atoms. The second kappa shape index (κ2) is 8.05. The Bertz CT molecular complexity index is 1020. The maximum absolute atomic E-state index is 12.5. The molecule has 4 nitrogen and oxygen atoms in total. The van der Waals surface area contributed by atoms with E-state index in [4.69, 9.17) is 0 Å². The number of rotatable bonds is 4. The Morgan fingerprint density at radius 3 is 3.07 bits per heavy atom. The number of hydrogen-bond acceptors (Lipinski definition) is 5. The zero-order chi connectivity index (χ0) is 19.0. The molecule has 0 aliphatic heterocycles. The zero-order valence-electron chi connectivity index (χ0n) is 15.2. The van der Waals surface area contributed by atoms with Crippen molar-refractivity contribution in [2.45, 2.75) is 38.1 Å². The number of carbonyl (C=O) groups excluding carboxylic acids is 1. The lowest BCUT2D eigenvalue weighted by atomic mass is 9.89. The molecule has 1 atom stereocenters. The second-order valence-corrected chi connectivity index (χ2v) is 10.3. The topological polar surface area (TPSA) is 54.9 Å². The van der Waals surface area contributed by atoms with Gasteiger partial charge in [0.15, 0.2) is 0 Å². The minimum Gasteiger partial charge on any atom is -0.325 e. The van der Waals surface area contributed by atoms with Crippen LogP contribution in [0.25, 0.3) is 10.2 Å². The summed E-state index contributed by atoms with van der Waals surface area (Å²) in [7, 11) is 0. The molecule has 1 aromatic carbocycles. The number of carbonyl (C=O) groups is 1. The van der Waals surface area contributed by atoms with Gasteiger partial charge in [0.25, 0.3) is 0 Å². The van der Waals surface area contributed by atoms with Gasteiger partial charge < -0.3 is 5.32 Å². The van der Waals surface area contributed by atoms with Gasteiger partial charge >= 0.3 is 0 Å². The largest absolute Gasteiger partial charge is 0.325 e. The zero-order valence-corrected chi connectivity index (χ0v) is 19.0. The molecule has 0 radical (unpaired) electrons. The lowest BCUT2D eigenvalue weighted by molar-refractivity contribution is -0.113. The molecule has 0 fully saturated rings. The summed E-state index contributed by atoms with van der Waals surface area (Å²) in [5.41, 5.74) is 3.35. The number of thiophene rings is 1. The molecule has 0 saturated carbocycles. The van der Waals surface area contributed by atoms with Gasteiger partial charge in [-0.25, -0.2) is 9.97 Å². The standard InChI is InChI=1S/C20H20IN3OS2/c1-11-3-5-14-16(7-11)27-20-18(14)19(22-10-23-20)26-9-17(25)24-15-6-4-13(21)8-12(15)2/h4,6,8,10-11H,3,5,7,9H2,1-2H3,(H,24,25). The van der Waals surface area contributed by atoms with Gasteiger partial charge in [0.2, 0.25) is 5.91 Å². The van der Waals surface area contributed by atoms with Crippen molar-refractivity contribution in [1.29, 1.82) is 0 Å². The molecule has 140 valence electrons. The highest BCUT2D eigenvalue weighted by atomic mass is 127. The molecule has 2 heterocycles. The minimum absolute atomic E-state index is 0.00575. The van der Waals surface area contributed by atoms with Gasteiger partial charge in [0.1, 0.15) is 16.2 Å². The fraction of sp³-hybridized carbons (Fsp3) is 0.350. The van der Waals surface area contributed by atoms with Crippen molar-refractivity contribution >= 4 is 67.5 Å². The van der Waals surface area contributed by atoms with E-state index in [9.17, 15) is 4.79 Å². The average Bonchev–Trinajstić information content (AvgIpc) is 3.00. The van der Waals surface area contributed by atoms with E-state index in [0.717, 1.165) is 43.4 Å². The number of benzene rings is 1. The monoisotopic (exact) mass is 509 g/mol. The van der Waals surface area contributed by atoms with E-state index in [0.29, 0.717) is 5.75 Å². The molecule has 2 aromatic heterocycles. The number of aromatic nitrogens is 2. The summed E-state index contributed by atoms with van der Waals surface area (Å²) in [6, 6.07) is 6.03. The van der Waals surface area contributed by atoms with Crippen LogP contribution in [-0.2, 0) is 17.6 Å². The van der Waals surface area contributed by atoms with Gasteiger partial charge in [-0.15, -0.1) is 11.3 Å². The molecule has 1 unspecified atom stereocenters. The highest BCUT2D eigenvalue weighted by Crippen LogP contribution is 2.40. The lowest BCUT2D eigenvalue weighted by Gasteiger charge is -2.18. The summed E-state index contributed by atoms with van der Waals surface area (Å²) in [5, 5.41) is 5.12. The van der Waals surface area contributed by atoms with E-state index in [2.05, 4.69) is 50.9 Å². The van der Waals surface area contributed by atoms with Gasteiger partial charge in [-0.2, -0.15) is 0 Å². The Hall–Kier alpha value is -1.19. The highest BCUT2D eigenvalue weighted by Gasteiger charge is 2.23. The van der Waals surface area contributed by atoms with Crippen LogP contribution in [0.4, 0.5) is 5.69 Å². The maximum Gasteiger partial charge on any atom is 0.234 e. The number of anilines is 1. The summed E-state index contributed by atoms with van der Waals surface area (Å²) in [6.07, 6.45) is 5.06. The fourth-order valence-electron chi connectivity index (χ4n) is 3.44. The third-order valence-electron chi connectivity index (χ3n) is 4.86. The number of nitrogens with zero attached hydrogens (tertiary/aromatic N) is 2. The Labute approximate surface area is 180 Å². The third kappa shape index (κ3) is 4.14. The van der Waals surface area contributed by atoms with Gasteiger partial charge in [-0.3, -0.25) is 4.79 Å². The first-order valence-corrected chi connectivity index (χ1v) is 11.8. The fourth-order valence-corrected chi connectivity index (χ4v) is 6.33. The smallest absolute Gasteiger partial charge is 0.234 e. The van der Waals surface area contributed by atoms with E-state index >= 15 is 0 Å². The normalized spacial score (nSPS) is 16.3. The molecular weight excluding hydrogens is 489 g/mol. The van der Waals surface area contributed by atoms with Crippen molar-refractivity contribution in [3.63, 3.8) is 0 Å². The summed E-state index contributed by atoms with van der Waals surface area (Å²) in [4.78, 5) is 23.9. The van der Waals surface area contributed by atoms with Crippen molar-refractivity contribution in [2.75, 3.05) is 11.1 Å². The van der Waals surface area contributed by atoms with Crippen LogP contribution in [0.5, 0.6) is 0 Å². The SMILES string of the molecule is Cc1cc(I)ccc1NC(=O)CSc1ncnc2sc3c(c12)CCC(C)C3. The van der Waals surface area contributed by atoms with Gasteiger partial charge in [-0.05, 0) is 84.0 Å². The van der Waals surface area contributed by atoms with Crippen LogP contribution in [0.15, 0.2) is 29.6 Å². The molecule has 0 bridgehead atoms.